The molecule has 0 aliphatic rings. The molecule has 0 aliphatic carbocycles. The highest BCUT2D eigenvalue weighted by Crippen LogP contribution is 2.26. The van der Waals surface area contributed by atoms with Crippen molar-refractivity contribution in [1.82, 2.24) is 0 Å². The highest BCUT2D eigenvalue weighted by Gasteiger charge is 2.09. The molecule has 0 saturated heterocycles. The molecule has 3 nitrogen and oxygen atoms in total. The second-order valence-corrected chi connectivity index (χ2v) is 3.54. The standard InChI is InChI=1S/C13H10NO2/c1-10-7-8-12(14(15)16)9-13(10)11-5-3-2-4-6-11/h2-7,9H,1H3. The quantitative estimate of drug-likeness (QED) is 0.565. The van der Waals surface area contributed by atoms with Gasteiger partial charge in [0.2, 0.25) is 0 Å². The second-order valence-electron chi connectivity index (χ2n) is 3.54. The smallest absolute Gasteiger partial charge is 0.258 e. The normalized spacial score (nSPS) is 10.1. The summed E-state index contributed by atoms with van der Waals surface area (Å²) in [7, 11) is 0. The average molecular weight is 212 g/mol. The maximum atomic E-state index is 10.7. The molecule has 0 fully saturated rings. The van der Waals surface area contributed by atoms with Crippen molar-refractivity contribution < 1.29 is 4.92 Å². The van der Waals surface area contributed by atoms with Gasteiger partial charge in [-0.15, -0.1) is 0 Å². The van der Waals surface area contributed by atoms with Crippen molar-refractivity contribution in [3.8, 4) is 11.1 Å². The Hall–Kier alpha value is -2.16. The topological polar surface area (TPSA) is 43.1 Å². The van der Waals surface area contributed by atoms with E-state index < -0.39 is 4.92 Å². The summed E-state index contributed by atoms with van der Waals surface area (Å²) >= 11 is 0. The van der Waals surface area contributed by atoms with E-state index >= 15 is 0 Å². The minimum absolute atomic E-state index is 0.00412. The summed E-state index contributed by atoms with van der Waals surface area (Å²) in [6.07, 6.45) is 0. The fraction of sp³-hybridized carbons (Fsp3) is 0.0769. The number of nitro groups is 1. The number of benzene rings is 2. The van der Waals surface area contributed by atoms with Crippen LogP contribution >= 0.6 is 0 Å². The first-order valence-corrected chi connectivity index (χ1v) is 4.90. The van der Waals surface area contributed by atoms with Gasteiger partial charge in [-0.05, 0) is 29.7 Å². The van der Waals surface area contributed by atoms with Crippen LogP contribution in [0.5, 0.6) is 0 Å². The summed E-state index contributed by atoms with van der Waals surface area (Å²) in [5.74, 6) is 0. The van der Waals surface area contributed by atoms with Crippen LogP contribution in [0.3, 0.4) is 0 Å². The molecular formula is C13H10NO2. The number of rotatable bonds is 2. The molecule has 0 spiro atoms. The molecule has 0 aromatic heterocycles. The zero-order valence-corrected chi connectivity index (χ0v) is 8.81. The third-order valence-corrected chi connectivity index (χ3v) is 2.42. The van der Waals surface area contributed by atoms with E-state index in [-0.39, 0.29) is 5.69 Å². The molecule has 0 aliphatic heterocycles. The molecule has 0 bridgehead atoms. The first-order valence-electron chi connectivity index (χ1n) is 4.90. The minimum atomic E-state index is -0.425. The molecule has 2 aromatic carbocycles. The fourth-order valence-electron chi connectivity index (χ4n) is 1.59. The summed E-state index contributed by atoms with van der Waals surface area (Å²) in [5, 5.41) is 10.7. The van der Waals surface area contributed by atoms with Crippen molar-refractivity contribution in [3.05, 3.63) is 64.2 Å². The van der Waals surface area contributed by atoms with Gasteiger partial charge in [-0.1, -0.05) is 30.3 Å². The van der Waals surface area contributed by atoms with Gasteiger partial charge in [0.1, 0.15) is 0 Å². The molecule has 2 aromatic rings. The van der Waals surface area contributed by atoms with Crippen LogP contribution in [-0.4, -0.2) is 4.92 Å². The van der Waals surface area contributed by atoms with Gasteiger partial charge in [-0.2, -0.15) is 0 Å². The largest absolute Gasteiger partial charge is 0.278 e. The molecule has 0 unspecified atom stereocenters. The molecule has 0 atom stereocenters. The summed E-state index contributed by atoms with van der Waals surface area (Å²) in [6.45, 7) is 1.92. The Morgan fingerprint density at radius 3 is 2.56 bits per heavy atom. The van der Waals surface area contributed by atoms with Gasteiger partial charge in [0.05, 0.1) is 11.0 Å². The summed E-state index contributed by atoms with van der Waals surface area (Å²) in [4.78, 5) is 10.2. The van der Waals surface area contributed by atoms with Crippen molar-refractivity contribution in [2.24, 2.45) is 0 Å². The lowest BCUT2D eigenvalue weighted by molar-refractivity contribution is -0.385. The van der Waals surface area contributed by atoms with Gasteiger partial charge in [0.15, 0.2) is 0 Å². The monoisotopic (exact) mass is 212 g/mol. The predicted molar refractivity (Wildman–Crippen MR) is 62.1 cm³/mol. The maximum Gasteiger partial charge on any atom is 0.278 e. The first kappa shape index (κ1) is 10.4. The van der Waals surface area contributed by atoms with Gasteiger partial charge in [0, 0.05) is 6.07 Å². The SMILES string of the molecule is Cc1c[c]c([N+](=O)[O-])cc1-c1ccccc1. The molecule has 3 heteroatoms. The van der Waals surface area contributed by atoms with Crippen molar-refractivity contribution >= 4 is 5.69 Å². The number of aryl methyl sites for hydroxylation is 1. The van der Waals surface area contributed by atoms with Gasteiger partial charge < -0.3 is 0 Å². The Morgan fingerprint density at radius 2 is 1.94 bits per heavy atom. The van der Waals surface area contributed by atoms with E-state index in [0.29, 0.717) is 0 Å². The van der Waals surface area contributed by atoms with Crippen LogP contribution in [0, 0.1) is 23.1 Å². The molecule has 16 heavy (non-hydrogen) atoms. The van der Waals surface area contributed by atoms with E-state index in [1.165, 1.54) is 0 Å². The van der Waals surface area contributed by atoms with E-state index in [1.54, 1.807) is 12.1 Å². The Labute approximate surface area is 93.5 Å². The Morgan fingerprint density at radius 1 is 1.25 bits per heavy atom. The van der Waals surface area contributed by atoms with Crippen molar-refractivity contribution in [1.29, 1.82) is 0 Å². The molecule has 2 rings (SSSR count). The number of nitrogens with zero attached hydrogens (tertiary/aromatic N) is 1. The third kappa shape index (κ3) is 1.93. The van der Waals surface area contributed by atoms with E-state index in [9.17, 15) is 10.1 Å². The van der Waals surface area contributed by atoms with Crippen LogP contribution < -0.4 is 0 Å². The molecule has 0 heterocycles. The zero-order chi connectivity index (χ0) is 11.5. The van der Waals surface area contributed by atoms with Crippen LogP contribution in [-0.2, 0) is 0 Å². The van der Waals surface area contributed by atoms with E-state index in [4.69, 9.17) is 0 Å². The molecule has 0 saturated carbocycles. The maximum absolute atomic E-state index is 10.7. The fourth-order valence-corrected chi connectivity index (χ4v) is 1.59. The van der Waals surface area contributed by atoms with Crippen LogP contribution in [0.1, 0.15) is 5.56 Å². The first-order chi connectivity index (χ1) is 7.68. The summed E-state index contributed by atoms with van der Waals surface area (Å²) < 4.78 is 0. The lowest BCUT2D eigenvalue weighted by atomic mass is 10.0. The van der Waals surface area contributed by atoms with Crippen molar-refractivity contribution in [3.63, 3.8) is 0 Å². The Bertz CT molecular complexity index is 521. The third-order valence-electron chi connectivity index (χ3n) is 2.42. The number of non-ortho nitro benzene ring substituents is 1. The molecule has 0 amide bonds. The predicted octanol–water partition coefficient (Wildman–Crippen LogP) is 3.37. The molecule has 0 N–H and O–H groups in total. The van der Waals surface area contributed by atoms with Crippen molar-refractivity contribution in [2.45, 2.75) is 6.92 Å². The van der Waals surface area contributed by atoms with Crippen LogP contribution in [0.15, 0.2) is 42.5 Å². The molecular weight excluding hydrogens is 202 g/mol. The summed E-state index contributed by atoms with van der Waals surface area (Å²) in [5.41, 5.74) is 2.85. The van der Waals surface area contributed by atoms with Gasteiger partial charge >= 0.3 is 0 Å². The zero-order valence-electron chi connectivity index (χ0n) is 8.81. The van der Waals surface area contributed by atoms with Crippen LogP contribution in [0.25, 0.3) is 11.1 Å². The number of nitro benzene ring substituents is 1. The van der Waals surface area contributed by atoms with E-state index in [0.717, 1.165) is 16.7 Å². The Kier molecular flexibility index (Phi) is 2.68. The van der Waals surface area contributed by atoms with Crippen LogP contribution in [0.4, 0.5) is 5.69 Å². The van der Waals surface area contributed by atoms with Gasteiger partial charge in [-0.25, -0.2) is 0 Å². The van der Waals surface area contributed by atoms with Gasteiger partial charge in [-0.3, -0.25) is 10.1 Å². The lowest BCUT2D eigenvalue weighted by Crippen LogP contribution is -1.90. The highest BCUT2D eigenvalue weighted by atomic mass is 16.6. The van der Waals surface area contributed by atoms with Crippen molar-refractivity contribution in [2.75, 3.05) is 0 Å². The lowest BCUT2D eigenvalue weighted by Gasteiger charge is -2.04. The number of hydrogen-bond acceptors (Lipinski definition) is 2. The molecule has 79 valence electrons. The summed E-state index contributed by atoms with van der Waals surface area (Å²) in [6, 6.07) is 15.5. The molecule has 1 radical (unpaired) electrons. The second kappa shape index (κ2) is 4.14. The number of hydrogen-bond donors (Lipinski definition) is 0. The average Bonchev–Trinajstić information content (AvgIpc) is 2.30. The minimum Gasteiger partial charge on any atom is -0.258 e. The van der Waals surface area contributed by atoms with E-state index in [2.05, 4.69) is 6.07 Å². The Balaban J connectivity index is 2.56. The van der Waals surface area contributed by atoms with Gasteiger partial charge in [0.25, 0.3) is 5.69 Å². The highest BCUT2D eigenvalue weighted by molar-refractivity contribution is 5.69. The van der Waals surface area contributed by atoms with Crippen LogP contribution in [0.2, 0.25) is 0 Å². The van der Waals surface area contributed by atoms with E-state index in [1.807, 2.05) is 37.3 Å².